The van der Waals surface area contributed by atoms with E-state index in [-0.39, 0.29) is 0 Å². The summed E-state index contributed by atoms with van der Waals surface area (Å²) in [5.74, 6) is -1.00. The van der Waals surface area contributed by atoms with Crippen molar-refractivity contribution in [1.29, 1.82) is 0 Å². The molecule has 1 N–H and O–H groups in total. The first-order valence-corrected chi connectivity index (χ1v) is 6.34. The van der Waals surface area contributed by atoms with Crippen LogP contribution in [0.15, 0.2) is 52.9 Å². The fourth-order valence-electron chi connectivity index (χ4n) is 2.15. The van der Waals surface area contributed by atoms with Gasteiger partial charge in [-0.3, -0.25) is 4.79 Å². The van der Waals surface area contributed by atoms with Crippen molar-refractivity contribution in [3.8, 4) is 11.5 Å². The Bertz CT molecular complexity index is 762. The van der Waals surface area contributed by atoms with Crippen LogP contribution < -0.4 is 0 Å². The van der Waals surface area contributed by atoms with Crippen molar-refractivity contribution in [2.75, 3.05) is 0 Å². The summed E-state index contributed by atoms with van der Waals surface area (Å²) in [6.45, 7) is 1.64. The smallest absolute Gasteiger partial charge is 0.310 e. The average molecular weight is 267 g/mol. The van der Waals surface area contributed by atoms with Crippen molar-refractivity contribution in [2.45, 2.75) is 12.8 Å². The molecular weight excluding hydrogens is 254 g/mol. The van der Waals surface area contributed by atoms with Crippen molar-refractivity contribution in [2.24, 2.45) is 0 Å². The van der Waals surface area contributed by atoms with Crippen LogP contribution in [0.2, 0.25) is 0 Å². The summed E-state index contributed by atoms with van der Waals surface area (Å²) >= 11 is 0. The predicted molar refractivity (Wildman–Crippen MR) is 75.5 cm³/mol. The zero-order valence-corrected chi connectivity index (χ0v) is 10.9. The van der Waals surface area contributed by atoms with E-state index in [0.29, 0.717) is 22.6 Å². The van der Waals surface area contributed by atoms with Gasteiger partial charge in [0.05, 0.1) is 5.92 Å². The predicted octanol–water partition coefficient (Wildman–Crippen LogP) is 3.68. The maximum absolute atomic E-state index is 11.2. The van der Waals surface area contributed by atoms with Crippen LogP contribution in [0.3, 0.4) is 0 Å². The van der Waals surface area contributed by atoms with Gasteiger partial charge in [-0.25, -0.2) is 4.98 Å². The Kier molecular flexibility index (Phi) is 2.99. The lowest BCUT2D eigenvalue weighted by Gasteiger charge is -2.05. The van der Waals surface area contributed by atoms with Gasteiger partial charge in [-0.1, -0.05) is 30.3 Å². The van der Waals surface area contributed by atoms with E-state index in [0.717, 1.165) is 5.56 Å². The summed E-state index contributed by atoms with van der Waals surface area (Å²) in [5, 5.41) is 9.16. The maximum Gasteiger partial charge on any atom is 0.310 e. The van der Waals surface area contributed by atoms with E-state index < -0.39 is 11.9 Å². The van der Waals surface area contributed by atoms with E-state index >= 15 is 0 Å². The van der Waals surface area contributed by atoms with Gasteiger partial charge in [-0.15, -0.1) is 0 Å². The standard InChI is InChI=1S/C16H13NO3/c1-10(16(18)19)12-8-5-9-13-14(12)20-15(17-13)11-6-3-2-4-7-11/h2-10H,1H3,(H,18,19)/t10-/m1/s1. The first kappa shape index (κ1) is 12.4. The van der Waals surface area contributed by atoms with E-state index in [1.165, 1.54) is 0 Å². The number of carbonyl (C=O) groups is 1. The molecule has 0 saturated heterocycles. The van der Waals surface area contributed by atoms with Gasteiger partial charge in [0.25, 0.3) is 0 Å². The number of para-hydroxylation sites is 1. The molecule has 0 bridgehead atoms. The molecule has 20 heavy (non-hydrogen) atoms. The molecule has 4 heteroatoms. The lowest BCUT2D eigenvalue weighted by atomic mass is 10.0. The molecule has 0 fully saturated rings. The number of oxazole rings is 1. The van der Waals surface area contributed by atoms with Gasteiger partial charge >= 0.3 is 5.97 Å². The number of benzene rings is 2. The Morgan fingerprint density at radius 2 is 1.90 bits per heavy atom. The molecule has 4 nitrogen and oxygen atoms in total. The molecule has 0 aliphatic heterocycles. The zero-order valence-electron chi connectivity index (χ0n) is 10.9. The third-order valence-corrected chi connectivity index (χ3v) is 3.30. The number of aromatic nitrogens is 1. The molecule has 0 radical (unpaired) electrons. The molecule has 2 aromatic carbocycles. The summed E-state index contributed by atoms with van der Waals surface area (Å²) in [4.78, 5) is 15.6. The highest BCUT2D eigenvalue weighted by atomic mass is 16.4. The van der Waals surface area contributed by atoms with Crippen LogP contribution in [0.4, 0.5) is 0 Å². The van der Waals surface area contributed by atoms with Crippen LogP contribution in [0.25, 0.3) is 22.6 Å². The highest BCUT2D eigenvalue weighted by molar-refractivity contribution is 5.86. The van der Waals surface area contributed by atoms with Crippen molar-refractivity contribution >= 4 is 17.1 Å². The number of hydrogen-bond donors (Lipinski definition) is 1. The number of aliphatic carboxylic acids is 1. The number of rotatable bonds is 3. The van der Waals surface area contributed by atoms with Crippen molar-refractivity contribution < 1.29 is 14.3 Å². The van der Waals surface area contributed by atoms with Crippen molar-refractivity contribution in [3.05, 3.63) is 54.1 Å². The summed E-state index contributed by atoms with van der Waals surface area (Å²) in [5.41, 5.74) is 2.73. The van der Waals surface area contributed by atoms with Gasteiger partial charge in [0.1, 0.15) is 5.52 Å². The fraction of sp³-hybridized carbons (Fsp3) is 0.125. The van der Waals surface area contributed by atoms with Crippen LogP contribution in [-0.4, -0.2) is 16.1 Å². The first-order valence-electron chi connectivity index (χ1n) is 6.34. The molecule has 0 amide bonds. The second kappa shape index (κ2) is 4.81. The fourth-order valence-corrected chi connectivity index (χ4v) is 2.15. The van der Waals surface area contributed by atoms with Crippen LogP contribution in [0.5, 0.6) is 0 Å². The molecule has 0 aliphatic rings. The van der Waals surface area contributed by atoms with Gasteiger partial charge in [0.15, 0.2) is 5.58 Å². The average Bonchev–Trinajstić information content (AvgIpc) is 2.91. The SMILES string of the molecule is C[C@@H](C(=O)O)c1cccc2nc(-c3ccccc3)oc12. The van der Waals surface area contributed by atoms with Crippen LogP contribution >= 0.6 is 0 Å². The minimum Gasteiger partial charge on any atom is -0.481 e. The summed E-state index contributed by atoms with van der Waals surface area (Å²) in [6.07, 6.45) is 0. The van der Waals surface area contributed by atoms with E-state index in [9.17, 15) is 4.79 Å². The summed E-state index contributed by atoms with van der Waals surface area (Å²) in [7, 11) is 0. The van der Waals surface area contributed by atoms with Gasteiger partial charge < -0.3 is 9.52 Å². The molecule has 3 rings (SSSR count). The summed E-state index contributed by atoms with van der Waals surface area (Å²) in [6, 6.07) is 14.9. The molecule has 1 atom stereocenters. The molecule has 0 saturated carbocycles. The Labute approximate surface area is 115 Å². The number of hydrogen-bond acceptors (Lipinski definition) is 3. The Hall–Kier alpha value is -2.62. The highest BCUT2D eigenvalue weighted by Gasteiger charge is 2.20. The van der Waals surface area contributed by atoms with Gasteiger partial charge in [0, 0.05) is 11.1 Å². The Balaban J connectivity index is 2.17. The van der Waals surface area contributed by atoms with Crippen molar-refractivity contribution in [1.82, 2.24) is 4.98 Å². The lowest BCUT2D eigenvalue weighted by molar-refractivity contribution is -0.138. The third-order valence-electron chi connectivity index (χ3n) is 3.30. The van der Waals surface area contributed by atoms with Crippen molar-refractivity contribution in [3.63, 3.8) is 0 Å². The normalized spacial score (nSPS) is 12.4. The third kappa shape index (κ3) is 2.05. The topological polar surface area (TPSA) is 63.3 Å². The number of nitrogens with zero attached hydrogens (tertiary/aromatic N) is 1. The first-order chi connectivity index (χ1) is 9.66. The molecule has 1 aromatic heterocycles. The second-order valence-corrected chi connectivity index (χ2v) is 4.64. The molecule has 0 spiro atoms. The number of carboxylic acid groups (broad SMARTS) is 1. The number of fused-ring (bicyclic) bond motifs is 1. The van der Waals surface area contributed by atoms with E-state index in [1.54, 1.807) is 19.1 Å². The molecular formula is C16H13NO3. The largest absolute Gasteiger partial charge is 0.481 e. The highest BCUT2D eigenvalue weighted by Crippen LogP contribution is 2.30. The molecule has 3 aromatic rings. The molecule has 1 heterocycles. The van der Waals surface area contributed by atoms with Crippen LogP contribution in [0.1, 0.15) is 18.4 Å². The monoisotopic (exact) mass is 267 g/mol. The molecule has 0 aliphatic carbocycles. The molecule has 100 valence electrons. The van der Waals surface area contributed by atoms with E-state index in [1.807, 2.05) is 36.4 Å². The van der Waals surface area contributed by atoms with E-state index in [4.69, 9.17) is 9.52 Å². The Morgan fingerprint density at radius 1 is 1.15 bits per heavy atom. The summed E-state index contributed by atoms with van der Waals surface area (Å²) < 4.78 is 5.78. The van der Waals surface area contributed by atoms with E-state index in [2.05, 4.69) is 4.98 Å². The van der Waals surface area contributed by atoms with Gasteiger partial charge in [0.2, 0.25) is 5.89 Å². The van der Waals surface area contributed by atoms with Crippen LogP contribution in [-0.2, 0) is 4.79 Å². The van der Waals surface area contributed by atoms with Crippen LogP contribution in [0, 0.1) is 0 Å². The number of carboxylic acids is 1. The second-order valence-electron chi connectivity index (χ2n) is 4.64. The zero-order chi connectivity index (χ0) is 14.1. The van der Waals surface area contributed by atoms with Gasteiger partial charge in [-0.2, -0.15) is 0 Å². The van der Waals surface area contributed by atoms with Gasteiger partial charge in [-0.05, 0) is 25.1 Å². The Morgan fingerprint density at radius 3 is 2.60 bits per heavy atom. The maximum atomic E-state index is 11.2. The molecule has 0 unspecified atom stereocenters. The minimum atomic E-state index is -0.879. The minimum absolute atomic E-state index is 0.505. The lowest BCUT2D eigenvalue weighted by Crippen LogP contribution is -2.07. The quantitative estimate of drug-likeness (QED) is 0.786.